The van der Waals surface area contributed by atoms with Gasteiger partial charge in [-0.3, -0.25) is 0 Å². The Morgan fingerprint density at radius 1 is 0.944 bits per heavy atom. The van der Waals surface area contributed by atoms with Crippen LogP contribution < -0.4 is 5.69 Å². The topological polar surface area (TPSA) is 71.5 Å². The summed E-state index contributed by atoms with van der Waals surface area (Å²) in [6.07, 6.45) is 0. The van der Waals surface area contributed by atoms with Gasteiger partial charge in [-0.25, -0.2) is 14.8 Å². The minimum Gasteiger partial charge on any atom is -0.310 e. The molecule has 2 aromatic heterocycles. The Morgan fingerprint density at radius 2 is 1.44 bits per heavy atom. The number of aromatic nitrogens is 4. The van der Waals surface area contributed by atoms with Gasteiger partial charge in [-0.05, 0) is 51.4 Å². The van der Waals surface area contributed by atoms with E-state index >= 15 is 0 Å². The number of nitrogens with one attached hydrogen (secondary N) is 1. The van der Waals surface area contributed by atoms with E-state index in [4.69, 9.17) is 11.6 Å². The smallest absolute Gasteiger partial charge is 0.310 e. The van der Waals surface area contributed by atoms with E-state index in [1.807, 2.05) is 32.9 Å². The predicted molar refractivity (Wildman–Crippen MR) is 70.8 cm³/mol. The lowest BCUT2D eigenvalue weighted by Crippen LogP contribution is -2.11. The van der Waals surface area contributed by atoms with Crippen molar-refractivity contribution in [1.82, 2.24) is 19.9 Å². The molecular formula is C12H15ClN4O. The molecule has 0 spiro atoms. The molecule has 0 unspecified atom stereocenters. The number of halogens is 1. The molecule has 0 aliphatic rings. The Hall–Kier alpha value is -1.75. The van der Waals surface area contributed by atoms with E-state index in [-0.39, 0.29) is 5.69 Å². The van der Waals surface area contributed by atoms with Crippen molar-refractivity contribution in [3.8, 4) is 0 Å². The highest BCUT2D eigenvalue weighted by Gasteiger charge is 1.92. The Bertz CT molecular complexity index is 521. The Balaban J connectivity index is 0.000000180. The number of aromatic amines is 1. The highest BCUT2D eigenvalue weighted by molar-refractivity contribution is 6.28. The standard InChI is InChI=1S/C6H7ClN2.C6H8N2O/c1-4-3-5(2)9-6(7)8-4;1-4-3-5(2)8-6(9)7-4/h3H,1-2H3;3H,1-2H3,(H,7,8,9). The number of hydrogen-bond acceptors (Lipinski definition) is 4. The number of hydrogen-bond donors (Lipinski definition) is 1. The lowest BCUT2D eigenvalue weighted by atomic mass is 10.4. The van der Waals surface area contributed by atoms with Crippen LogP contribution in [0.1, 0.15) is 22.8 Å². The number of aryl methyl sites for hydroxylation is 4. The molecule has 18 heavy (non-hydrogen) atoms. The highest BCUT2D eigenvalue weighted by Crippen LogP contribution is 2.02. The lowest BCUT2D eigenvalue weighted by Gasteiger charge is -1.93. The van der Waals surface area contributed by atoms with Crippen LogP contribution in [-0.4, -0.2) is 19.9 Å². The maximum Gasteiger partial charge on any atom is 0.345 e. The zero-order chi connectivity index (χ0) is 13.7. The molecule has 0 saturated carbocycles. The van der Waals surface area contributed by atoms with Crippen molar-refractivity contribution in [1.29, 1.82) is 0 Å². The summed E-state index contributed by atoms with van der Waals surface area (Å²) in [6.45, 7) is 7.40. The van der Waals surface area contributed by atoms with Gasteiger partial charge < -0.3 is 4.98 Å². The fraction of sp³-hybridized carbons (Fsp3) is 0.333. The summed E-state index contributed by atoms with van der Waals surface area (Å²) in [5.41, 5.74) is 3.16. The van der Waals surface area contributed by atoms with Crippen LogP contribution in [0.4, 0.5) is 0 Å². The molecule has 2 aromatic rings. The Labute approximate surface area is 110 Å². The summed E-state index contributed by atoms with van der Waals surface area (Å²) >= 11 is 5.53. The maximum absolute atomic E-state index is 10.5. The summed E-state index contributed by atoms with van der Waals surface area (Å²) in [4.78, 5) is 24.5. The molecule has 1 N–H and O–H groups in total. The normalized spacial score (nSPS) is 9.61. The molecule has 0 saturated heterocycles. The quantitative estimate of drug-likeness (QED) is 0.742. The second-order valence-electron chi connectivity index (χ2n) is 3.93. The monoisotopic (exact) mass is 266 g/mol. The van der Waals surface area contributed by atoms with E-state index in [1.165, 1.54) is 0 Å². The summed E-state index contributed by atoms with van der Waals surface area (Å²) in [6, 6.07) is 3.70. The number of nitrogens with zero attached hydrogens (tertiary/aromatic N) is 3. The zero-order valence-corrected chi connectivity index (χ0v) is 11.5. The molecule has 5 nitrogen and oxygen atoms in total. The molecule has 0 bridgehead atoms. The van der Waals surface area contributed by atoms with Gasteiger partial charge in [0.1, 0.15) is 0 Å². The van der Waals surface area contributed by atoms with Gasteiger partial charge in [0.2, 0.25) is 5.28 Å². The molecule has 0 radical (unpaired) electrons. The van der Waals surface area contributed by atoms with Crippen molar-refractivity contribution in [3.05, 3.63) is 50.7 Å². The van der Waals surface area contributed by atoms with Gasteiger partial charge in [-0.2, -0.15) is 4.98 Å². The van der Waals surface area contributed by atoms with Crippen molar-refractivity contribution in [2.75, 3.05) is 0 Å². The van der Waals surface area contributed by atoms with Gasteiger partial charge >= 0.3 is 5.69 Å². The van der Waals surface area contributed by atoms with Crippen molar-refractivity contribution >= 4 is 11.6 Å². The molecule has 96 valence electrons. The first-order valence-corrected chi connectivity index (χ1v) is 5.77. The van der Waals surface area contributed by atoms with Crippen LogP contribution >= 0.6 is 11.6 Å². The molecule has 0 atom stereocenters. The Kier molecular flexibility index (Phi) is 4.97. The van der Waals surface area contributed by atoms with Gasteiger partial charge in [-0.15, -0.1) is 0 Å². The summed E-state index contributed by atoms with van der Waals surface area (Å²) in [5, 5.41) is 0.326. The van der Waals surface area contributed by atoms with E-state index in [2.05, 4.69) is 19.9 Å². The first-order valence-electron chi connectivity index (χ1n) is 5.39. The molecular weight excluding hydrogens is 252 g/mol. The average molecular weight is 267 g/mol. The molecule has 0 aromatic carbocycles. The van der Waals surface area contributed by atoms with Crippen LogP contribution in [0.15, 0.2) is 16.9 Å². The second kappa shape index (κ2) is 6.26. The molecule has 2 rings (SSSR count). The van der Waals surface area contributed by atoms with Crippen LogP contribution in [0.2, 0.25) is 5.28 Å². The maximum atomic E-state index is 10.5. The van der Waals surface area contributed by atoms with E-state index < -0.39 is 0 Å². The van der Waals surface area contributed by atoms with Crippen LogP contribution in [0.5, 0.6) is 0 Å². The molecule has 0 amide bonds. The molecule has 0 aliphatic carbocycles. The highest BCUT2D eigenvalue weighted by atomic mass is 35.5. The second-order valence-corrected chi connectivity index (χ2v) is 4.27. The van der Waals surface area contributed by atoms with Gasteiger partial charge in [-0.1, -0.05) is 0 Å². The number of H-pyrrole nitrogens is 1. The minimum absolute atomic E-state index is 0.271. The Morgan fingerprint density at radius 3 is 1.83 bits per heavy atom. The first-order chi connectivity index (χ1) is 8.36. The van der Waals surface area contributed by atoms with Crippen molar-refractivity contribution in [3.63, 3.8) is 0 Å². The molecule has 0 fully saturated rings. The fourth-order valence-corrected chi connectivity index (χ4v) is 1.69. The van der Waals surface area contributed by atoms with E-state index in [1.54, 1.807) is 6.92 Å². The summed E-state index contributed by atoms with van der Waals surface area (Å²) in [7, 11) is 0. The molecule has 0 aliphatic heterocycles. The van der Waals surface area contributed by atoms with Gasteiger partial charge in [0, 0.05) is 22.8 Å². The summed E-state index contributed by atoms with van der Waals surface area (Å²) < 4.78 is 0. The van der Waals surface area contributed by atoms with Crippen molar-refractivity contribution in [2.24, 2.45) is 0 Å². The predicted octanol–water partition coefficient (Wildman–Crippen LogP) is 2.13. The largest absolute Gasteiger partial charge is 0.345 e. The third-order valence-electron chi connectivity index (χ3n) is 1.96. The van der Waals surface area contributed by atoms with Crippen LogP contribution in [0.3, 0.4) is 0 Å². The third kappa shape index (κ3) is 5.05. The fourth-order valence-electron chi connectivity index (χ4n) is 1.42. The minimum atomic E-state index is -0.271. The summed E-state index contributed by atoms with van der Waals surface area (Å²) in [5.74, 6) is 0. The average Bonchev–Trinajstić information content (AvgIpc) is 2.12. The van der Waals surface area contributed by atoms with Crippen LogP contribution in [-0.2, 0) is 0 Å². The van der Waals surface area contributed by atoms with Gasteiger partial charge in [0.25, 0.3) is 0 Å². The lowest BCUT2D eigenvalue weighted by molar-refractivity contribution is 0.988. The van der Waals surface area contributed by atoms with Crippen molar-refractivity contribution in [2.45, 2.75) is 27.7 Å². The van der Waals surface area contributed by atoms with E-state index in [0.29, 0.717) is 5.28 Å². The van der Waals surface area contributed by atoms with Crippen LogP contribution in [0.25, 0.3) is 0 Å². The van der Waals surface area contributed by atoms with Gasteiger partial charge in [0.05, 0.1) is 0 Å². The third-order valence-corrected chi connectivity index (χ3v) is 2.13. The van der Waals surface area contributed by atoms with E-state index in [0.717, 1.165) is 22.8 Å². The van der Waals surface area contributed by atoms with Crippen LogP contribution in [0, 0.1) is 27.7 Å². The molecule has 2 heterocycles. The van der Waals surface area contributed by atoms with E-state index in [9.17, 15) is 4.79 Å². The SMILES string of the molecule is Cc1cc(C)[nH]c(=O)n1.Cc1cc(C)nc(Cl)n1. The van der Waals surface area contributed by atoms with Crippen molar-refractivity contribution < 1.29 is 0 Å². The van der Waals surface area contributed by atoms with Gasteiger partial charge in [0.15, 0.2) is 0 Å². The zero-order valence-electron chi connectivity index (χ0n) is 10.8. The number of rotatable bonds is 0. The first kappa shape index (κ1) is 14.3. The molecule has 6 heteroatoms.